The molecule has 0 N–H and O–H groups in total. The van der Waals surface area contributed by atoms with Gasteiger partial charge in [0.05, 0.1) is 11.1 Å². The van der Waals surface area contributed by atoms with Crippen LogP contribution in [0.1, 0.15) is 15.9 Å². The molecule has 2 aromatic rings. The van der Waals surface area contributed by atoms with Crippen molar-refractivity contribution in [2.24, 2.45) is 0 Å². The summed E-state index contributed by atoms with van der Waals surface area (Å²) >= 11 is 5.73. The lowest BCUT2D eigenvalue weighted by atomic mass is 10.2. The quantitative estimate of drug-likeness (QED) is 0.612. The van der Waals surface area contributed by atoms with Gasteiger partial charge >= 0.3 is 5.97 Å². The van der Waals surface area contributed by atoms with Crippen LogP contribution in [0.3, 0.4) is 0 Å². The fourth-order valence-electron chi connectivity index (χ4n) is 1.39. The molecule has 0 aliphatic carbocycles. The summed E-state index contributed by atoms with van der Waals surface area (Å²) < 4.78 is 5.16. The summed E-state index contributed by atoms with van der Waals surface area (Å²) in [6.45, 7) is 0. The lowest BCUT2D eigenvalue weighted by Gasteiger charge is -2.05. The number of benzene rings is 2. The van der Waals surface area contributed by atoms with E-state index in [9.17, 15) is 4.79 Å². The molecule has 0 heterocycles. The molecule has 2 aromatic carbocycles. The van der Waals surface area contributed by atoms with Gasteiger partial charge in [0.2, 0.25) is 0 Å². The van der Waals surface area contributed by atoms with Crippen LogP contribution in [0.25, 0.3) is 0 Å². The largest absolute Gasteiger partial charge is 0.422 e. The fourth-order valence-corrected chi connectivity index (χ4v) is 1.52. The van der Waals surface area contributed by atoms with Crippen LogP contribution in [0.4, 0.5) is 0 Å². The van der Waals surface area contributed by atoms with Gasteiger partial charge in [-0.15, -0.1) is 0 Å². The normalized spacial score (nSPS) is 9.56. The van der Waals surface area contributed by atoms with Gasteiger partial charge in [-0.3, -0.25) is 0 Å². The summed E-state index contributed by atoms with van der Waals surface area (Å²) in [6.07, 6.45) is 0. The van der Waals surface area contributed by atoms with Crippen LogP contribution in [0.2, 0.25) is 5.02 Å². The number of para-hydroxylation sites is 1. The zero-order valence-electron chi connectivity index (χ0n) is 9.26. The Kier molecular flexibility index (Phi) is 3.61. The first-order chi connectivity index (χ1) is 8.70. The van der Waals surface area contributed by atoms with Crippen molar-refractivity contribution in [3.63, 3.8) is 0 Å². The standard InChI is InChI=1S/C14H8ClNO2/c15-12-7-5-10(6-8-12)14(17)18-13-4-2-1-3-11(13)9-16/h1-8H. The van der Waals surface area contributed by atoms with E-state index in [2.05, 4.69) is 0 Å². The maximum absolute atomic E-state index is 11.8. The Morgan fingerprint density at radius 2 is 1.78 bits per heavy atom. The van der Waals surface area contributed by atoms with E-state index in [1.54, 1.807) is 48.5 Å². The number of carbonyl (C=O) groups excluding carboxylic acids is 1. The van der Waals surface area contributed by atoms with Gasteiger partial charge in [0.1, 0.15) is 11.8 Å². The fraction of sp³-hybridized carbons (Fsp3) is 0. The van der Waals surface area contributed by atoms with Gasteiger partial charge in [0.25, 0.3) is 0 Å². The second-order valence-corrected chi connectivity index (χ2v) is 3.94. The number of esters is 1. The van der Waals surface area contributed by atoms with Crippen LogP contribution >= 0.6 is 11.6 Å². The van der Waals surface area contributed by atoms with E-state index >= 15 is 0 Å². The molecule has 18 heavy (non-hydrogen) atoms. The van der Waals surface area contributed by atoms with Crippen LogP contribution < -0.4 is 4.74 Å². The van der Waals surface area contributed by atoms with Crippen LogP contribution in [0.15, 0.2) is 48.5 Å². The third kappa shape index (κ3) is 2.68. The molecule has 0 radical (unpaired) electrons. The van der Waals surface area contributed by atoms with Crippen molar-refractivity contribution in [3.8, 4) is 11.8 Å². The van der Waals surface area contributed by atoms with Gasteiger partial charge in [-0.25, -0.2) is 4.79 Å². The molecule has 0 spiro atoms. The van der Waals surface area contributed by atoms with Crippen LogP contribution in [0.5, 0.6) is 5.75 Å². The zero-order valence-corrected chi connectivity index (χ0v) is 10.0. The number of hydrogen-bond acceptors (Lipinski definition) is 3. The van der Waals surface area contributed by atoms with E-state index in [-0.39, 0.29) is 5.75 Å². The van der Waals surface area contributed by atoms with E-state index < -0.39 is 5.97 Å². The van der Waals surface area contributed by atoms with E-state index in [0.29, 0.717) is 16.1 Å². The molecule has 0 aliphatic heterocycles. The molecule has 0 unspecified atom stereocenters. The molecule has 0 saturated heterocycles. The minimum atomic E-state index is -0.519. The van der Waals surface area contributed by atoms with Gasteiger partial charge in [-0.2, -0.15) is 5.26 Å². The summed E-state index contributed by atoms with van der Waals surface area (Å²) in [5.74, 6) is -0.269. The highest BCUT2D eigenvalue weighted by Crippen LogP contribution is 2.18. The van der Waals surface area contributed by atoms with Gasteiger partial charge in [0.15, 0.2) is 0 Å². The third-order valence-electron chi connectivity index (χ3n) is 2.29. The summed E-state index contributed by atoms with van der Waals surface area (Å²) in [4.78, 5) is 11.8. The Labute approximate surface area is 109 Å². The maximum Gasteiger partial charge on any atom is 0.343 e. The number of halogens is 1. The summed E-state index contributed by atoms with van der Waals surface area (Å²) in [5.41, 5.74) is 0.701. The van der Waals surface area contributed by atoms with E-state index in [4.69, 9.17) is 21.6 Å². The zero-order chi connectivity index (χ0) is 13.0. The van der Waals surface area contributed by atoms with Crippen molar-refractivity contribution in [1.29, 1.82) is 5.26 Å². The molecule has 88 valence electrons. The number of nitrogens with zero attached hydrogens (tertiary/aromatic N) is 1. The Morgan fingerprint density at radius 1 is 1.11 bits per heavy atom. The second-order valence-electron chi connectivity index (χ2n) is 3.50. The molecule has 0 saturated carbocycles. The predicted molar refractivity (Wildman–Crippen MR) is 67.6 cm³/mol. The molecule has 4 heteroatoms. The number of ether oxygens (including phenoxy) is 1. The minimum absolute atomic E-state index is 0.250. The average molecular weight is 258 g/mol. The summed E-state index contributed by atoms with van der Waals surface area (Å²) in [6, 6.07) is 14.9. The highest BCUT2D eigenvalue weighted by atomic mass is 35.5. The molecule has 0 aromatic heterocycles. The Hall–Kier alpha value is -2.31. The van der Waals surface area contributed by atoms with Crippen LogP contribution in [-0.2, 0) is 0 Å². The lowest BCUT2D eigenvalue weighted by molar-refractivity contribution is 0.0734. The molecule has 0 atom stereocenters. The van der Waals surface area contributed by atoms with Crippen LogP contribution in [0, 0.1) is 11.3 Å². The molecule has 2 rings (SSSR count). The molecule has 0 aliphatic rings. The molecular formula is C14H8ClNO2. The number of rotatable bonds is 2. The second kappa shape index (κ2) is 5.35. The molecule has 0 fully saturated rings. The van der Waals surface area contributed by atoms with E-state index in [1.165, 1.54) is 0 Å². The van der Waals surface area contributed by atoms with Gasteiger partial charge < -0.3 is 4.74 Å². The number of nitriles is 1. The average Bonchev–Trinajstić information content (AvgIpc) is 2.40. The first-order valence-electron chi connectivity index (χ1n) is 5.17. The molecule has 3 nitrogen and oxygen atoms in total. The van der Waals surface area contributed by atoms with Crippen LogP contribution in [-0.4, -0.2) is 5.97 Å². The summed E-state index contributed by atoms with van der Waals surface area (Å²) in [5, 5.41) is 9.42. The molecular weight excluding hydrogens is 250 g/mol. The first kappa shape index (κ1) is 12.2. The van der Waals surface area contributed by atoms with Gasteiger partial charge in [-0.1, -0.05) is 23.7 Å². The van der Waals surface area contributed by atoms with Crippen molar-refractivity contribution in [3.05, 3.63) is 64.7 Å². The van der Waals surface area contributed by atoms with Crippen molar-refractivity contribution in [2.75, 3.05) is 0 Å². The maximum atomic E-state index is 11.8. The third-order valence-corrected chi connectivity index (χ3v) is 2.54. The monoisotopic (exact) mass is 257 g/mol. The summed E-state index contributed by atoms with van der Waals surface area (Å²) in [7, 11) is 0. The van der Waals surface area contributed by atoms with Crippen molar-refractivity contribution in [2.45, 2.75) is 0 Å². The van der Waals surface area contributed by atoms with Gasteiger partial charge in [-0.05, 0) is 36.4 Å². The smallest absolute Gasteiger partial charge is 0.343 e. The molecule has 0 bridgehead atoms. The van der Waals surface area contributed by atoms with Gasteiger partial charge in [0, 0.05) is 5.02 Å². The predicted octanol–water partition coefficient (Wildman–Crippen LogP) is 3.43. The Bertz CT molecular complexity index is 614. The Balaban J connectivity index is 2.22. The number of hydrogen-bond donors (Lipinski definition) is 0. The Morgan fingerprint density at radius 3 is 2.44 bits per heavy atom. The first-order valence-corrected chi connectivity index (χ1v) is 5.55. The topological polar surface area (TPSA) is 50.1 Å². The number of carbonyl (C=O) groups is 1. The van der Waals surface area contributed by atoms with E-state index in [1.807, 2.05) is 6.07 Å². The minimum Gasteiger partial charge on any atom is -0.422 e. The molecule has 0 amide bonds. The lowest BCUT2D eigenvalue weighted by Crippen LogP contribution is -2.09. The highest BCUT2D eigenvalue weighted by molar-refractivity contribution is 6.30. The SMILES string of the molecule is N#Cc1ccccc1OC(=O)c1ccc(Cl)cc1. The van der Waals surface area contributed by atoms with E-state index in [0.717, 1.165) is 0 Å². The highest BCUT2D eigenvalue weighted by Gasteiger charge is 2.10. The van der Waals surface area contributed by atoms with Crippen molar-refractivity contribution < 1.29 is 9.53 Å². The van der Waals surface area contributed by atoms with Crippen molar-refractivity contribution in [1.82, 2.24) is 0 Å². The van der Waals surface area contributed by atoms with Crippen molar-refractivity contribution >= 4 is 17.6 Å².